The lowest BCUT2D eigenvalue weighted by atomic mass is 10.2. The third kappa shape index (κ3) is 9.35. The second-order valence-corrected chi connectivity index (χ2v) is 7.66. The van der Waals surface area contributed by atoms with E-state index < -0.39 is 12.7 Å². The van der Waals surface area contributed by atoms with Gasteiger partial charge in [-0.1, -0.05) is 32.0 Å². The van der Waals surface area contributed by atoms with Crippen LogP contribution in [0.5, 0.6) is 5.75 Å². The number of para-hydroxylation sites is 1. The fourth-order valence-corrected chi connectivity index (χ4v) is 3.63. The van der Waals surface area contributed by atoms with Gasteiger partial charge in [-0.25, -0.2) is 4.99 Å². The maximum atomic E-state index is 12.6. The molecule has 2 rings (SSSR count). The Bertz CT molecular complexity index is 679. The van der Waals surface area contributed by atoms with E-state index in [0.29, 0.717) is 45.2 Å². The van der Waals surface area contributed by atoms with Gasteiger partial charge in [0.15, 0.2) is 5.96 Å². The summed E-state index contributed by atoms with van der Waals surface area (Å²) in [5.74, 6) is 1.42. The standard InChI is InChI=1S/C22H36F3N5O/c1-4-26-21(28-19-11-12-30(16-19)17-22(23,24)25)27-15-18-9-7-8-10-20(18)31-14-13-29(5-2)6-3/h7-10,19H,4-6,11-17H2,1-3H3,(H2,26,27,28). The largest absolute Gasteiger partial charge is 0.492 e. The van der Waals surface area contributed by atoms with Crippen molar-refractivity contribution in [1.82, 2.24) is 20.4 Å². The van der Waals surface area contributed by atoms with E-state index in [2.05, 4.69) is 34.4 Å². The van der Waals surface area contributed by atoms with Crippen LogP contribution in [-0.4, -0.2) is 80.4 Å². The molecule has 0 amide bonds. The van der Waals surface area contributed by atoms with Crippen molar-refractivity contribution in [1.29, 1.82) is 0 Å². The van der Waals surface area contributed by atoms with Crippen LogP contribution in [0.15, 0.2) is 29.3 Å². The molecule has 1 fully saturated rings. The molecule has 9 heteroatoms. The molecule has 0 bridgehead atoms. The minimum atomic E-state index is -4.16. The number of aliphatic imine (C=N–C) groups is 1. The molecule has 0 aliphatic carbocycles. The van der Waals surface area contributed by atoms with Gasteiger partial charge in [-0.3, -0.25) is 4.90 Å². The van der Waals surface area contributed by atoms with Crippen LogP contribution in [0.2, 0.25) is 0 Å². The highest BCUT2D eigenvalue weighted by Gasteiger charge is 2.34. The molecule has 1 heterocycles. The third-order valence-corrected chi connectivity index (χ3v) is 5.30. The van der Waals surface area contributed by atoms with Crippen LogP contribution in [0.3, 0.4) is 0 Å². The Morgan fingerprint density at radius 2 is 1.97 bits per heavy atom. The summed E-state index contributed by atoms with van der Waals surface area (Å²) in [6, 6.07) is 7.77. The first kappa shape index (κ1) is 25.3. The summed E-state index contributed by atoms with van der Waals surface area (Å²) in [7, 11) is 0. The van der Waals surface area contributed by atoms with Gasteiger partial charge in [0.1, 0.15) is 12.4 Å². The minimum Gasteiger partial charge on any atom is -0.492 e. The first-order valence-corrected chi connectivity index (χ1v) is 11.1. The molecule has 1 atom stereocenters. The first-order chi connectivity index (χ1) is 14.8. The van der Waals surface area contributed by atoms with Crippen molar-refractivity contribution in [3.63, 3.8) is 0 Å². The molecule has 0 aromatic heterocycles. The Morgan fingerprint density at radius 1 is 1.23 bits per heavy atom. The van der Waals surface area contributed by atoms with Crippen molar-refractivity contribution in [3.8, 4) is 5.75 Å². The van der Waals surface area contributed by atoms with E-state index >= 15 is 0 Å². The molecule has 0 spiro atoms. The third-order valence-electron chi connectivity index (χ3n) is 5.30. The van der Waals surface area contributed by atoms with E-state index in [1.54, 1.807) is 0 Å². The molecule has 6 nitrogen and oxygen atoms in total. The highest BCUT2D eigenvalue weighted by molar-refractivity contribution is 5.80. The second kappa shape index (κ2) is 12.8. The van der Waals surface area contributed by atoms with E-state index in [4.69, 9.17) is 4.74 Å². The van der Waals surface area contributed by atoms with Gasteiger partial charge in [0.05, 0.1) is 13.1 Å². The first-order valence-electron chi connectivity index (χ1n) is 11.1. The fourth-order valence-electron chi connectivity index (χ4n) is 3.63. The fraction of sp³-hybridized carbons (Fsp3) is 0.682. The number of halogens is 3. The number of nitrogens with zero attached hydrogens (tertiary/aromatic N) is 3. The smallest absolute Gasteiger partial charge is 0.401 e. The van der Waals surface area contributed by atoms with E-state index in [1.165, 1.54) is 4.90 Å². The van der Waals surface area contributed by atoms with Gasteiger partial charge in [-0.15, -0.1) is 0 Å². The van der Waals surface area contributed by atoms with Crippen molar-refractivity contribution >= 4 is 5.96 Å². The summed E-state index contributed by atoms with van der Waals surface area (Å²) in [4.78, 5) is 8.38. The molecule has 1 aliphatic rings. The van der Waals surface area contributed by atoms with Crippen molar-refractivity contribution < 1.29 is 17.9 Å². The Kier molecular flexibility index (Phi) is 10.4. The van der Waals surface area contributed by atoms with Crippen LogP contribution >= 0.6 is 0 Å². The SMILES string of the molecule is CCNC(=NCc1ccccc1OCCN(CC)CC)NC1CCN(CC(F)(F)F)C1. The Morgan fingerprint density at radius 3 is 2.65 bits per heavy atom. The number of hydrogen-bond donors (Lipinski definition) is 2. The number of hydrogen-bond acceptors (Lipinski definition) is 4. The van der Waals surface area contributed by atoms with E-state index in [9.17, 15) is 13.2 Å². The topological polar surface area (TPSA) is 52.1 Å². The number of nitrogens with one attached hydrogen (secondary N) is 2. The average molecular weight is 444 g/mol. The molecule has 1 saturated heterocycles. The predicted octanol–water partition coefficient (Wildman–Crippen LogP) is 3.10. The number of alkyl halides is 3. The second-order valence-electron chi connectivity index (χ2n) is 7.66. The highest BCUT2D eigenvalue weighted by atomic mass is 19.4. The lowest BCUT2D eigenvalue weighted by molar-refractivity contribution is -0.143. The average Bonchev–Trinajstić information content (AvgIpc) is 3.15. The number of rotatable bonds is 11. The molecule has 1 aliphatic heterocycles. The molecule has 31 heavy (non-hydrogen) atoms. The molecule has 1 aromatic rings. The van der Waals surface area contributed by atoms with Gasteiger partial charge >= 0.3 is 6.18 Å². The van der Waals surface area contributed by atoms with Crippen molar-refractivity contribution in [2.45, 2.75) is 46.0 Å². The zero-order valence-corrected chi connectivity index (χ0v) is 18.8. The maximum Gasteiger partial charge on any atom is 0.401 e. The van der Waals surface area contributed by atoms with Crippen LogP contribution in [0.1, 0.15) is 32.8 Å². The van der Waals surface area contributed by atoms with E-state index in [0.717, 1.165) is 30.9 Å². The summed E-state index contributed by atoms with van der Waals surface area (Å²) in [5, 5.41) is 6.46. The highest BCUT2D eigenvalue weighted by Crippen LogP contribution is 2.21. The van der Waals surface area contributed by atoms with Gasteiger partial charge in [0, 0.05) is 37.8 Å². The van der Waals surface area contributed by atoms with E-state index in [-0.39, 0.29) is 6.04 Å². The predicted molar refractivity (Wildman–Crippen MR) is 119 cm³/mol. The number of ether oxygens (including phenoxy) is 1. The van der Waals surface area contributed by atoms with Crippen LogP contribution in [0.25, 0.3) is 0 Å². The van der Waals surface area contributed by atoms with Crippen LogP contribution < -0.4 is 15.4 Å². The molecular weight excluding hydrogens is 407 g/mol. The lowest BCUT2D eigenvalue weighted by Gasteiger charge is -2.20. The number of likely N-dealkylation sites (tertiary alicyclic amines) is 1. The van der Waals surface area contributed by atoms with Gasteiger partial charge in [-0.2, -0.15) is 13.2 Å². The summed E-state index contributed by atoms with van der Waals surface area (Å²) in [6.45, 7) is 10.7. The van der Waals surface area contributed by atoms with E-state index in [1.807, 2.05) is 31.2 Å². The summed E-state index contributed by atoms with van der Waals surface area (Å²) in [6.07, 6.45) is -3.51. The molecular formula is C22H36F3N5O. The zero-order valence-electron chi connectivity index (χ0n) is 18.8. The monoisotopic (exact) mass is 443 g/mol. The normalized spacial score (nSPS) is 17.9. The molecule has 1 aromatic carbocycles. The molecule has 1 unspecified atom stereocenters. The van der Waals surface area contributed by atoms with Crippen LogP contribution in [0, 0.1) is 0 Å². The van der Waals surface area contributed by atoms with Crippen LogP contribution in [-0.2, 0) is 6.54 Å². The van der Waals surface area contributed by atoms with Crippen LogP contribution in [0.4, 0.5) is 13.2 Å². The maximum absolute atomic E-state index is 12.6. The van der Waals surface area contributed by atoms with Gasteiger partial charge < -0.3 is 20.3 Å². The molecule has 0 saturated carbocycles. The van der Waals surface area contributed by atoms with Crippen molar-refractivity contribution in [2.75, 3.05) is 52.4 Å². The van der Waals surface area contributed by atoms with Gasteiger partial charge in [0.25, 0.3) is 0 Å². The summed E-state index contributed by atoms with van der Waals surface area (Å²) in [5.41, 5.74) is 0.976. The van der Waals surface area contributed by atoms with Crippen molar-refractivity contribution in [3.05, 3.63) is 29.8 Å². The quantitative estimate of drug-likeness (QED) is 0.407. The van der Waals surface area contributed by atoms with Crippen molar-refractivity contribution in [2.24, 2.45) is 4.99 Å². The van der Waals surface area contributed by atoms with Gasteiger partial charge in [-0.05, 0) is 32.5 Å². The molecule has 2 N–H and O–H groups in total. The number of likely N-dealkylation sites (N-methyl/N-ethyl adjacent to an activating group) is 1. The molecule has 0 radical (unpaired) electrons. The summed E-state index contributed by atoms with van der Waals surface area (Å²) >= 11 is 0. The minimum absolute atomic E-state index is 0.0549. The number of benzene rings is 1. The van der Waals surface area contributed by atoms with Gasteiger partial charge in [0.2, 0.25) is 0 Å². The number of guanidine groups is 1. The zero-order chi connectivity index (χ0) is 22.7. The Labute approximate surface area is 183 Å². The summed E-state index contributed by atoms with van der Waals surface area (Å²) < 4.78 is 43.9. The Balaban J connectivity index is 1.93. The Hall–Kier alpha value is -2.00. The lowest BCUT2D eigenvalue weighted by Crippen LogP contribution is -2.45. The molecule has 176 valence electrons.